The fraction of sp³-hybridized carbons (Fsp3) is 0.185. The van der Waals surface area contributed by atoms with Crippen LogP contribution in [-0.4, -0.2) is 40.6 Å². The lowest BCUT2D eigenvalue weighted by Gasteiger charge is -2.13. The molecule has 0 radical (unpaired) electrons. The molecule has 0 spiro atoms. The summed E-state index contributed by atoms with van der Waals surface area (Å²) < 4.78 is 0. The number of aromatic nitrogens is 2. The van der Waals surface area contributed by atoms with E-state index < -0.39 is 6.10 Å². The molecule has 1 heterocycles. The Morgan fingerprint density at radius 1 is 0.848 bits per heavy atom. The molecular formula is C27H29N5O. The van der Waals surface area contributed by atoms with Gasteiger partial charge in [0.2, 0.25) is 5.95 Å². The number of hydrogen-bond donors (Lipinski definition) is 3. The minimum absolute atomic E-state index is 0.364. The average Bonchev–Trinajstić information content (AvgIpc) is 2.84. The lowest BCUT2D eigenvalue weighted by Crippen LogP contribution is -2.13. The Morgan fingerprint density at radius 3 is 2.18 bits per heavy atom. The van der Waals surface area contributed by atoms with Crippen LogP contribution in [0.2, 0.25) is 0 Å². The molecule has 0 fully saturated rings. The molecule has 0 aliphatic carbocycles. The fourth-order valence-corrected chi connectivity index (χ4v) is 3.55. The molecule has 4 aromatic rings. The number of benzene rings is 3. The van der Waals surface area contributed by atoms with Crippen molar-refractivity contribution in [2.45, 2.75) is 12.6 Å². The Hall–Kier alpha value is -3.74. The van der Waals surface area contributed by atoms with Crippen molar-refractivity contribution in [2.75, 3.05) is 31.3 Å². The van der Waals surface area contributed by atoms with Crippen molar-refractivity contribution in [1.29, 1.82) is 0 Å². The van der Waals surface area contributed by atoms with Crippen molar-refractivity contribution in [2.24, 2.45) is 0 Å². The number of anilines is 3. The first-order chi connectivity index (χ1) is 16.1. The molecule has 1 aromatic heterocycles. The summed E-state index contributed by atoms with van der Waals surface area (Å²) in [7, 11) is 4.15. The lowest BCUT2D eigenvalue weighted by molar-refractivity contribution is 0.191. The Labute approximate surface area is 195 Å². The Kier molecular flexibility index (Phi) is 7.29. The van der Waals surface area contributed by atoms with E-state index in [1.165, 1.54) is 11.1 Å². The molecular weight excluding hydrogens is 410 g/mol. The van der Waals surface area contributed by atoms with Gasteiger partial charge in [0.25, 0.3) is 0 Å². The van der Waals surface area contributed by atoms with Gasteiger partial charge in [0.15, 0.2) is 0 Å². The van der Waals surface area contributed by atoms with Crippen LogP contribution >= 0.6 is 0 Å². The molecule has 0 saturated heterocycles. The molecule has 6 heteroatoms. The Bertz CT molecular complexity index is 1150. The molecule has 4 rings (SSSR count). The number of hydrogen-bond acceptors (Lipinski definition) is 6. The van der Waals surface area contributed by atoms with Gasteiger partial charge >= 0.3 is 0 Å². The largest absolute Gasteiger partial charge is 0.387 e. The van der Waals surface area contributed by atoms with Crippen molar-refractivity contribution in [3.63, 3.8) is 0 Å². The van der Waals surface area contributed by atoms with Crippen LogP contribution in [0.15, 0.2) is 91.1 Å². The second-order valence-corrected chi connectivity index (χ2v) is 8.21. The van der Waals surface area contributed by atoms with Crippen LogP contribution in [-0.2, 0) is 6.54 Å². The minimum atomic E-state index is -0.609. The van der Waals surface area contributed by atoms with Crippen LogP contribution in [0.1, 0.15) is 17.2 Å². The number of nitrogens with one attached hydrogen (secondary N) is 2. The second kappa shape index (κ2) is 10.7. The van der Waals surface area contributed by atoms with Crippen LogP contribution in [0.25, 0.3) is 11.1 Å². The Balaban J connectivity index is 1.36. The molecule has 0 aliphatic heterocycles. The number of nitrogens with zero attached hydrogens (tertiary/aromatic N) is 3. The second-order valence-electron chi connectivity index (χ2n) is 8.21. The zero-order valence-electron chi connectivity index (χ0n) is 18.9. The Morgan fingerprint density at radius 2 is 1.52 bits per heavy atom. The van der Waals surface area contributed by atoms with Gasteiger partial charge in [-0.1, -0.05) is 66.7 Å². The quantitative estimate of drug-likeness (QED) is 0.337. The van der Waals surface area contributed by atoms with E-state index in [-0.39, 0.29) is 0 Å². The molecule has 0 amide bonds. The van der Waals surface area contributed by atoms with E-state index in [1.54, 1.807) is 12.3 Å². The van der Waals surface area contributed by atoms with E-state index >= 15 is 0 Å². The molecule has 0 aliphatic rings. The van der Waals surface area contributed by atoms with Crippen LogP contribution < -0.4 is 10.6 Å². The van der Waals surface area contributed by atoms with Crippen LogP contribution in [0.5, 0.6) is 0 Å². The number of rotatable bonds is 9. The zero-order valence-corrected chi connectivity index (χ0v) is 18.9. The summed E-state index contributed by atoms with van der Waals surface area (Å²) in [6, 6.07) is 28.2. The summed E-state index contributed by atoms with van der Waals surface area (Å²) in [4.78, 5) is 11.0. The fourth-order valence-electron chi connectivity index (χ4n) is 3.55. The van der Waals surface area contributed by atoms with Crippen molar-refractivity contribution >= 4 is 17.5 Å². The summed E-state index contributed by atoms with van der Waals surface area (Å²) in [6.45, 7) is 1.30. The van der Waals surface area contributed by atoms with E-state index in [0.717, 1.165) is 23.4 Å². The first-order valence-corrected chi connectivity index (χ1v) is 11.0. The zero-order chi connectivity index (χ0) is 23.0. The lowest BCUT2D eigenvalue weighted by atomic mass is 10.0. The summed E-state index contributed by atoms with van der Waals surface area (Å²) in [5.41, 5.74) is 5.41. The van der Waals surface area contributed by atoms with Gasteiger partial charge in [-0.05, 0) is 54.5 Å². The van der Waals surface area contributed by atoms with E-state index in [4.69, 9.17) is 0 Å². The van der Waals surface area contributed by atoms with Crippen LogP contribution in [0, 0.1) is 0 Å². The topological polar surface area (TPSA) is 73.3 Å². The van der Waals surface area contributed by atoms with Gasteiger partial charge in [0.1, 0.15) is 5.82 Å². The van der Waals surface area contributed by atoms with Crippen LogP contribution in [0.3, 0.4) is 0 Å². The van der Waals surface area contributed by atoms with Gasteiger partial charge in [-0.25, -0.2) is 4.98 Å². The predicted molar refractivity (Wildman–Crippen MR) is 134 cm³/mol. The monoisotopic (exact) mass is 439 g/mol. The maximum atomic E-state index is 10.3. The molecule has 0 bridgehead atoms. The molecule has 3 N–H and O–H groups in total. The van der Waals surface area contributed by atoms with Gasteiger partial charge in [0, 0.05) is 25.0 Å². The van der Waals surface area contributed by atoms with Gasteiger partial charge in [-0.3, -0.25) is 0 Å². The van der Waals surface area contributed by atoms with Gasteiger partial charge in [-0.15, -0.1) is 0 Å². The third kappa shape index (κ3) is 6.38. The predicted octanol–water partition coefficient (Wildman–Crippen LogP) is 5.09. The molecule has 1 atom stereocenters. The molecule has 3 aromatic carbocycles. The third-order valence-electron chi connectivity index (χ3n) is 5.24. The normalized spacial score (nSPS) is 11.9. The molecule has 168 valence electrons. The van der Waals surface area contributed by atoms with E-state index in [0.29, 0.717) is 18.3 Å². The third-order valence-corrected chi connectivity index (χ3v) is 5.24. The first-order valence-electron chi connectivity index (χ1n) is 11.0. The summed E-state index contributed by atoms with van der Waals surface area (Å²) in [5, 5.41) is 16.8. The van der Waals surface area contributed by atoms with Gasteiger partial charge in [0.05, 0.1) is 6.10 Å². The molecule has 33 heavy (non-hydrogen) atoms. The maximum Gasteiger partial charge on any atom is 0.229 e. The van der Waals surface area contributed by atoms with E-state index in [2.05, 4.69) is 76.0 Å². The highest BCUT2D eigenvalue weighted by molar-refractivity contribution is 5.67. The highest BCUT2D eigenvalue weighted by Crippen LogP contribution is 2.23. The molecule has 6 nitrogen and oxygen atoms in total. The summed E-state index contributed by atoms with van der Waals surface area (Å²) in [5.74, 6) is 1.15. The van der Waals surface area contributed by atoms with Crippen molar-refractivity contribution < 1.29 is 5.11 Å². The van der Waals surface area contributed by atoms with Crippen molar-refractivity contribution in [3.05, 3.63) is 102 Å². The summed E-state index contributed by atoms with van der Waals surface area (Å²) in [6.07, 6.45) is 1.08. The van der Waals surface area contributed by atoms with Crippen molar-refractivity contribution in [1.82, 2.24) is 14.9 Å². The van der Waals surface area contributed by atoms with Gasteiger partial charge in [-0.2, -0.15) is 4.98 Å². The van der Waals surface area contributed by atoms with E-state index in [9.17, 15) is 5.11 Å². The average molecular weight is 440 g/mol. The highest BCUT2D eigenvalue weighted by atomic mass is 16.3. The van der Waals surface area contributed by atoms with E-state index in [1.807, 2.05) is 42.5 Å². The van der Waals surface area contributed by atoms with Crippen molar-refractivity contribution in [3.8, 4) is 11.1 Å². The first kappa shape index (κ1) is 22.5. The highest BCUT2D eigenvalue weighted by Gasteiger charge is 2.08. The molecule has 1 unspecified atom stereocenters. The molecule has 0 saturated carbocycles. The SMILES string of the molecule is CN(C)Cc1ccc(-c2ccc(Nc3nccc(NCC(O)c4ccccc4)n3)cc2)cc1. The van der Waals surface area contributed by atoms with Crippen LogP contribution in [0.4, 0.5) is 17.5 Å². The summed E-state index contributed by atoms with van der Waals surface area (Å²) >= 11 is 0. The number of aliphatic hydroxyl groups is 1. The number of aliphatic hydroxyl groups excluding tert-OH is 1. The standard InChI is InChI=1S/C27H29N5O/c1-32(2)19-20-8-10-21(11-9-20)22-12-14-24(15-13-22)30-27-28-17-16-26(31-27)29-18-25(33)23-6-4-3-5-7-23/h3-17,25,33H,18-19H2,1-2H3,(H2,28,29,30,31). The van der Waals surface area contributed by atoms with Gasteiger partial charge < -0.3 is 20.6 Å². The minimum Gasteiger partial charge on any atom is -0.387 e. The maximum absolute atomic E-state index is 10.3. The smallest absolute Gasteiger partial charge is 0.229 e.